The normalized spacial score (nSPS) is 12.2. The Hall–Kier alpha value is -2.20. The Balaban J connectivity index is 2.07. The van der Waals surface area contributed by atoms with Gasteiger partial charge in [-0.15, -0.1) is 0 Å². The van der Waals surface area contributed by atoms with Crippen LogP contribution in [0.25, 0.3) is 0 Å². The van der Waals surface area contributed by atoms with Crippen LogP contribution in [0.1, 0.15) is 40.0 Å². The molecule has 0 saturated heterocycles. The number of nitrogens with zero attached hydrogens (tertiary/aromatic N) is 1. The Bertz CT molecular complexity index is 695. The molecule has 2 rings (SSSR count). The number of hydrogen-bond donors (Lipinski definition) is 1. The van der Waals surface area contributed by atoms with Crippen LogP contribution in [0.5, 0.6) is 0 Å². The summed E-state index contributed by atoms with van der Waals surface area (Å²) >= 11 is 0. The number of halogens is 1. The average molecular weight is 328 g/mol. The molecule has 1 amide bonds. The number of carbonyl (C=O) groups is 1. The largest absolute Gasteiger partial charge is 0.350 e. The summed E-state index contributed by atoms with van der Waals surface area (Å²) in [5.74, 6) is -0.618. The summed E-state index contributed by atoms with van der Waals surface area (Å²) < 4.78 is 13.6. The fourth-order valence-electron chi connectivity index (χ4n) is 2.60. The van der Waals surface area contributed by atoms with Gasteiger partial charge in [-0.3, -0.25) is 4.79 Å². The highest BCUT2D eigenvalue weighted by Gasteiger charge is 2.16. The number of nitrogens with one attached hydrogen (secondary N) is 1. The quantitative estimate of drug-likeness (QED) is 0.876. The van der Waals surface area contributed by atoms with Crippen LogP contribution >= 0.6 is 0 Å². The van der Waals surface area contributed by atoms with E-state index in [1.54, 1.807) is 19.1 Å². The second kappa shape index (κ2) is 8.06. The van der Waals surface area contributed by atoms with Gasteiger partial charge in [-0.1, -0.05) is 37.3 Å². The molecule has 2 aromatic rings. The highest BCUT2D eigenvalue weighted by Crippen LogP contribution is 2.18. The second-order valence-electron chi connectivity index (χ2n) is 6.25. The van der Waals surface area contributed by atoms with Gasteiger partial charge in [0.05, 0.1) is 6.04 Å². The van der Waals surface area contributed by atoms with Crippen LogP contribution < -0.4 is 5.32 Å². The van der Waals surface area contributed by atoms with Crippen molar-refractivity contribution < 1.29 is 9.18 Å². The molecule has 2 aromatic carbocycles. The van der Waals surface area contributed by atoms with Gasteiger partial charge in [-0.05, 0) is 56.3 Å². The Morgan fingerprint density at radius 3 is 2.38 bits per heavy atom. The maximum absolute atomic E-state index is 13.6. The minimum absolute atomic E-state index is 0.0650. The van der Waals surface area contributed by atoms with Crippen molar-refractivity contribution in [2.24, 2.45) is 0 Å². The van der Waals surface area contributed by atoms with Gasteiger partial charge in [0.2, 0.25) is 0 Å². The van der Waals surface area contributed by atoms with Crippen molar-refractivity contribution in [2.75, 3.05) is 20.6 Å². The van der Waals surface area contributed by atoms with Crippen LogP contribution in [0.4, 0.5) is 4.39 Å². The SMILES string of the molecule is CCc1ccc(C(CNC(=O)c2ccc(C)c(F)c2)N(C)C)cc1. The lowest BCUT2D eigenvalue weighted by molar-refractivity contribution is 0.0941. The minimum Gasteiger partial charge on any atom is -0.350 e. The lowest BCUT2D eigenvalue weighted by atomic mass is 10.0. The van der Waals surface area contributed by atoms with Crippen molar-refractivity contribution in [3.63, 3.8) is 0 Å². The minimum atomic E-state index is -0.359. The molecule has 4 heteroatoms. The summed E-state index contributed by atoms with van der Waals surface area (Å²) in [4.78, 5) is 14.3. The molecule has 3 nitrogen and oxygen atoms in total. The number of rotatable bonds is 6. The third kappa shape index (κ3) is 4.42. The predicted molar refractivity (Wildman–Crippen MR) is 95.7 cm³/mol. The summed E-state index contributed by atoms with van der Waals surface area (Å²) in [7, 11) is 3.96. The van der Waals surface area contributed by atoms with E-state index in [0.29, 0.717) is 17.7 Å². The topological polar surface area (TPSA) is 32.3 Å². The van der Waals surface area contributed by atoms with Crippen molar-refractivity contribution in [2.45, 2.75) is 26.3 Å². The van der Waals surface area contributed by atoms with Crippen molar-refractivity contribution >= 4 is 5.91 Å². The number of likely N-dealkylation sites (N-methyl/N-ethyl adjacent to an activating group) is 1. The number of carbonyl (C=O) groups excluding carboxylic acids is 1. The van der Waals surface area contributed by atoms with Crippen LogP contribution in [-0.2, 0) is 6.42 Å². The molecular formula is C20H25FN2O. The number of aryl methyl sites for hydroxylation is 2. The van der Waals surface area contributed by atoms with Gasteiger partial charge in [-0.2, -0.15) is 0 Å². The summed E-state index contributed by atoms with van der Waals surface area (Å²) in [5, 5.41) is 2.91. The molecule has 0 spiro atoms. The van der Waals surface area contributed by atoms with E-state index in [9.17, 15) is 9.18 Å². The Labute approximate surface area is 143 Å². The van der Waals surface area contributed by atoms with Crippen LogP contribution in [0.3, 0.4) is 0 Å². The van der Waals surface area contributed by atoms with Crippen LogP contribution in [0, 0.1) is 12.7 Å². The molecule has 0 radical (unpaired) electrons. The molecule has 24 heavy (non-hydrogen) atoms. The van der Waals surface area contributed by atoms with Gasteiger partial charge in [0.15, 0.2) is 0 Å². The molecule has 1 unspecified atom stereocenters. The van der Waals surface area contributed by atoms with Crippen molar-refractivity contribution in [1.29, 1.82) is 0 Å². The molecule has 0 bridgehead atoms. The van der Waals surface area contributed by atoms with E-state index in [2.05, 4.69) is 41.4 Å². The zero-order chi connectivity index (χ0) is 17.7. The molecular weight excluding hydrogens is 303 g/mol. The number of hydrogen-bond acceptors (Lipinski definition) is 2. The lowest BCUT2D eigenvalue weighted by Crippen LogP contribution is -2.34. The van der Waals surface area contributed by atoms with E-state index >= 15 is 0 Å². The fraction of sp³-hybridized carbons (Fsp3) is 0.350. The maximum Gasteiger partial charge on any atom is 0.251 e. The maximum atomic E-state index is 13.6. The fourth-order valence-corrected chi connectivity index (χ4v) is 2.60. The number of benzene rings is 2. The second-order valence-corrected chi connectivity index (χ2v) is 6.25. The lowest BCUT2D eigenvalue weighted by Gasteiger charge is -2.25. The van der Waals surface area contributed by atoms with Gasteiger partial charge < -0.3 is 10.2 Å². The van der Waals surface area contributed by atoms with Crippen molar-refractivity contribution in [3.05, 3.63) is 70.5 Å². The molecule has 0 aliphatic carbocycles. The predicted octanol–water partition coefficient (Wildman–Crippen LogP) is 3.73. The molecule has 0 fully saturated rings. The third-order valence-corrected chi connectivity index (χ3v) is 4.29. The van der Waals surface area contributed by atoms with E-state index in [4.69, 9.17) is 0 Å². The smallest absolute Gasteiger partial charge is 0.251 e. The Kier molecular flexibility index (Phi) is 6.10. The van der Waals surface area contributed by atoms with E-state index < -0.39 is 0 Å². The summed E-state index contributed by atoms with van der Waals surface area (Å²) in [6.45, 7) is 4.27. The van der Waals surface area contributed by atoms with E-state index in [1.807, 2.05) is 14.1 Å². The van der Waals surface area contributed by atoms with Crippen LogP contribution in [-0.4, -0.2) is 31.4 Å². The van der Waals surface area contributed by atoms with Gasteiger partial charge in [0, 0.05) is 12.1 Å². The Morgan fingerprint density at radius 1 is 1.17 bits per heavy atom. The van der Waals surface area contributed by atoms with Gasteiger partial charge in [0.1, 0.15) is 5.82 Å². The standard InChI is InChI=1S/C20H25FN2O/c1-5-15-7-10-16(11-8-15)19(23(3)4)13-22-20(24)17-9-6-14(2)18(21)12-17/h6-12,19H,5,13H2,1-4H3,(H,22,24). The zero-order valence-electron chi connectivity index (χ0n) is 14.8. The molecule has 0 aliphatic rings. The highest BCUT2D eigenvalue weighted by molar-refractivity contribution is 5.94. The first-order valence-electron chi connectivity index (χ1n) is 8.22. The van der Waals surface area contributed by atoms with E-state index in [0.717, 1.165) is 12.0 Å². The van der Waals surface area contributed by atoms with E-state index in [-0.39, 0.29) is 17.8 Å². The third-order valence-electron chi connectivity index (χ3n) is 4.29. The van der Waals surface area contributed by atoms with Crippen molar-refractivity contribution in [1.82, 2.24) is 10.2 Å². The zero-order valence-corrected chi connectivity index (χ0v) is 14.8. The molecule has 0 aromatic heterocycles. The summed E-state index contributed by atoms with van der Waals surface area (Å²) in [6, 6.07) is 13.0. The monoisotopic (exact) mass is 328 g/mol. The molecule has 1 atom stereocenters. The van der Waals surface area contributed by atoms with Crippen LogP contribution in [0.15, 0.2) is 42.5 Å². The number of amides is 1. The molecule has 0 saturated carbocycles. The Morgan fingerprint density at radius 2 is 1.83 bits per heavy atom. The van der Waals surface area contributed by atoms with E-state index in [1.165, 1.54) is 11.6 Å². The van der Waals surface area contributed by atoms with Crippen molar-refractivity contribution in [3.8, 4) is 0 Å². The van der Waals surface area contributed by atoms with Crippen LogP contribution in [0.2, 0.25) is 0 Å². The summed E-state index contributed by atoms with van der Waals surface area (Å²) in [6.07, 6.45) is 1.00. The van der Waals surface area contributed by atoms with Gasteiger partial charge in [-0.25, -0.2) is 4.39 Å². The molecule has 1 N–H and O–H groups in total. The first kappa shape index (κ1) is 18.1. The molecule has 128 valence electrons. The first-order chi connectivity index (χ1) is 11.4. The first-order valence-corrected chi connectivity index (χ1v) is 8.22. The summed E-state index contributed by atoms with van der Waals surface area (Å²) in [5.41, 5.74) is 3.31. The van der Waals surface area contributed by atoms with Gasteiger partial charge in [0.25, 0.3) is 5.91 Å². The highest BCUT2D eigenvalue weighted by atomic mass is 19.1. The van der Waals surface area contributed by atoms with Gasteiger partial charge >= 0.3 is 0 Å². The molecule has 0 heterocycles. The average Bonchev–Trinajstić information content (AvgIpc) is 2.57. The molecule has 0 aliphatic heterocycles.